The molecule has 7 rings (SSSR count). The Balaban J connectivity index is 1.51. The fraction of sp³-hybridized carbons (Fsp3) is 0.189. The van der Waals surface area contributed by atoms with Crippen LogP contribution in [-0.2, 0) is 5.41 Å². The maximum absolute atomic E-state index is 3.66. The number of rotatable bonds is 3. The molecule has 5 aromatic rings. The van der Waals surface area contributed by atoms with Crippen molar-refractivity contribution >= 4 is 26.7 Å². The van der Waals surface area contributed by atoms with Crippen molar-refractivity contribution in [1.29, 1.82) is 0 Å². The van der Waals surface area contributed by atoms with Gasteiger partial charge in [0.1, 0.15) is 0 Å². The summed E-state index contributed by atoms with van der Waals surface area (Å²) in [6.45, 7) is 4.77. The highest BCUT2D eigenvalue weighted by Gasteiger charge is 2.46. The summed E-state index contributed by atoms with van der Waals surface area (Å²) in [4.78, 5) is 0. The molecule has 0 N–H and O–H groups in total. The maximum atomic E-state index is 3.66. The second-order valence-corrected chi connectivity index (χ2v) is 12.1. The SMILES string of the molecule is CCC1=CC2(CC(C)C1)c1cc3ccccc3cc1-c1cccc(-c3cccc(-c4cccc(Br)c4)c3)c12. The highest BCUT2D eigenvalue weighted by Crippen LogP contribution is 2.59. The molecule has 0 bridgehead atoms. The van der Waals surface area contributed by atoms with Crippen LogP contribution in [0.4, 0.5) is 0 Å². The van der Waals surface area contributed by atoms with Crippen LogP contribution in [0.5, 0.6) is 0 Å². The summed E-state index contributed by atoms with van der Waals surface area (Å²) in [7, 11) is 0. The van der Waals surface area contributed by atoms with Gasteiger partial charge in [0.15, 0.2) is 0 Å². The maximum Gasteiger partial charge on any atom is 0.0405 e. The second-order valence-electron chi connectivity index (χ2n) is 11.2. The summed E-state index contributed by atoms with van der Waals surface area (Å²) in [5.41, 5.74) is 12.4. The number of hydrogen-bond acceptors (Lipinski definition) is 0. The molecule has 186 valence electrons. The third-order valence-electron chi connectivity index (χ3n) is 8.68. The van der Waals surface area contributed by atoms with Crippen LogP contribution < -0.4 is 0 Å². The molecule has 0 fully saturated rings. The van der Waals surface area contributed by atoms with Crippen molar-refractivity contribution in [3.63, 3.8) is 0 Å². The van der Waals surface area contributed by atoms with Crippen LogP contribution in [0, 0.1) is 5.92 Å². The van der Waals surface area contributed by atoms with E-state index in [1.807, 2.05) is 0 Å². The van der Waals surface area contributed by atoms with E-state index < -0.39 is 0 Å². The Bertz CT molecular complexity index is 1740. The minimum Gasteiger partial charge on any atom is -0.0730 e. The fourth-order valence-electron chi connectivity index (χ4n) is 7.14. The van der Waals surface area contributed by atoms with Gasteiger partial charge in [-0.2, -0.15) is 0 Å². The fourth-order valence-corrected chi connectivity index (χ4v) is 7.54. The van der Waals surface area contributed by atoms with Gasteiger partial charge in [-0.1, -0.05) is 114 Å². The molecule has 1 spiro atoms. The molecule has 0 nitrogen and oxygen atoms in total. The van der Waals surface area contributed by atoms with Gasteiger partial charge in [0.25, 0.3) is 0 Å². The first-order valence-corrected chi connectivity index (χ1v) is 14.6. The molecular formula is C37H31Br. The second kappa shape index (κ2) is 9.10. The standard InChI is InChI=1S/C37H31Br/c1-3-25-17-24(2)22-37(23-25)35-21-29-10-5-4-9-28(29)20-34(35)33-16-8-15-32(36(33)37)30-13-6-11-26(18-30)27-12-7-14-31(38)19-27/h4-16,18-21,23-24H,3,17,22H2,1-2H3. The number of allylic oxidation sites excluding steroid dienone is 2. The van der Waals surface area contributed by atoms with Crippen molar-refractivity contribution in [1.82, 2.24) is 0 Å². The van der Waals surface area contributed by atoms with Gasteiger partial charge in [0.2, 0.25) is 0 Å². The van der Waals surface area contributed by atoms with Crippen LogP contribution in [0.3, 0.4) is 0 Å². The predicted octanol–water partition coefficient (Wildman–Crippen LogP) is 11.0. The Morgan fingerprint density at radius 2 is 1.39 bits per heavy atom. The third kappa shape index (κ3) is 3.71. The van der Waals surface area contributed by atoms with Crippen LogP contribution in [0.2, 0.25) is 0 Å². The summed E-state index contributed by atoms with van der Waals surface area (Å²) in [6.07, 6.45) is 6.13. The Labute approximate surface area is 234 Å². The Morgan fingerprint density at radius 1 is 0.711 bits per heavy atom. The molecule has 0 aromatic heterocycles. The van der Waals surface area contributed by atoms with Gasteiger partial charge >= 0.3 is 0 Å². The van der Waals surface area contributed by atoms with Crippen LogP contribution in [0.1, 0.15) is 44.2 Å². The summed E-state index contributed by atoms with van der Waals surface area (Å²) in [5.74, 6) is 0.640. The smallest absolute Gasteiger partial charge is 0.0405 e. The molecule has 0 heterocycles. The lowest BCUT2D eigenvalue weighted by Gasteiger charge is -2.38. The topological polar surface area (TPSA) is 0 Å². The lowest BCUT2D eigenvalue weighted by atomic mass is 9.65. The summed E-state index contributed by atoms with van der Waals surface area (Å²) in [5, 5.41) is 2.65. The molecule has 5 aromatic carbocycles. The number of fused-ring (bicyclic) bond motifs is 6. The average Bonchev–Trinajstić information content (AvgIpc) is 3.19. The van der Waals surface area contributed by atoms with Crippen LogP contribution in [0.15, 0.2) is 119 Å². The first kappa shape index (κ1) is 23.7. The quantitative estimate of drug-likeness (QED) is 0.194. The molecule has 2 atom stereocenters. The minimum absolute atomic E-state index is 0.0971. The van der Waals surface area contributed by atoms with Gasteiger partial charge in [-0.25, -0.2) is 0 Å². The molecule has 0 amide bonds. The van der Waals surface area contributed by atoms with Crippen molar-refractivity contribution in [2.75, 3.05) is 0 Å². The third-order valence-corrected chi connectivity index (χ3v) is 9.18. The van der Waals surface area contributed by atoms with Crippen LogP contribution >= 0.6 is 15.9 Å². The van der Waals surface area contributed by atoms with E-state index in [1.54, 1.807) is 5.57 Å². The highest BCUT2D eigenvalue weighted by atomic mass is 79.9. The van der Waals surface area contributed by atoms with E-state index >= 15 is 0 Å². The first-order chi connectivity index (χ1) is 18.6. The van der Waals surface area contributed by atoms with Gasteiger partial charge in [-0.05, 0) is 111 Å². The number of hydrogen-bond donors (Lipinski definition) is 0. The van der Waals surface area contributed by atoms with Crippen LogP contribution in [0.25, 0.3) is 44.2 Å². The van der Waals surface area contributed by atoms with E-state index in [9.17, 15) is 0 Å². The summed E-state index contributed by atoms with van der Waals surface area (Å²) in [6, 6.07) is 38.5. The average molecular weight is 556 g/mol. The predicted molar refractivity (Wildman–Crippen MR) is 166 cm³/mol. The lowest BCUT2D eigenvalue weighted by molar-refractivity contribution is 0.407. The zero-order valence-electron chi connectivity index (χ0n) is 22.0. The molecule has 38 heavy (non-hydrogen) atoms. The van der Waals surface area contributed by atoms with Crippen molar-refractivity contribution in [3.05, 3.63) is 130 Å². The van der Waals surface area contributed by atoms with E-state index in [-0.39, 0.29) is 5.41 Å². The summed E-state index contributed by atoms with van der Waals surface area (Å²) < 4.78 is 1.11. The normalized spacial score (nSPS) is 19.9. The molecule has 0 radical (unpaired) electrons. The molecule has 2 aliphatic rings. The Kier molecular flexibility index (Phi) is 5.67. The first-order valence-electron chi connectivity index (χ1n) is 13.8. The van der Waals surface area contributed by atoms with Crippen molar-refractivity contribution < 1.29 is 0 Å². The Hall–Kier alpha value is -3.42. The van der Waals surface area contributed by atoms with Crippen molar-refractivity contribution in [2.24, 2.45) is 5.92 Å². The molecule has 0 aliphatic heterocycles. The largest absolute Gasteiger partial charge is 0.0730 e. The lowest BCUT2D eigenvalue weighted by Crippen LogP contribution is -2.30. The molecular weight excluding hydrogens is 524 g/mol. The van der Waals surface area contributed by atoms with E-state index in [0.717, 1.165) is 17.3 Å². The zero-order chi connectivity index (χ0) is 25.9. The van der Waals surface area contributed by atoms with E-state index in [1.165, 1.54) is 61.7 Å². The van der Waals surface area contributed by atoms with E-state index in [2.05, 4.69) is 139 Å². The molecule has 2 aliphatic carbocycles. The zero-order valence-corrected chi connectivity index (χ0v) is 23.6. The minimum atomic E-state index is -0.0971. The van der Waals surface area contributed by atoms with Gasteiger partial charge in [-0.15, -0.1) is 0 Å². The monoisotopic (exact) mass is 554 g/mol. The molecule has 1 heteroatoms. The van der Waals surface area contributed by atoms with E-state index in [0.29, 0.717) is 5.92 Å². The van der Waals surface area contributed by atoms with Crippen LogP contribution in [-0.4, -0.2) is 0 Å². The molecule has 2 unspecified atom stereocenters. The number of benzene rings is 5. The van der Waals surface area contributed by atoms with Crippen molar-refractivity contribution in [2.45, 2.75) is 38.5 Å². The van der Waals surface area contributed by atoms with E-state index in [4.69, 9.17) is 0 Å². The highest BCUT2D eigenvalue weighted by molar-refractivity contribution is 9.10. The Morgan fingerprint density at radius 3 is 2.18 bits per heavy atom. The van der Waals surface area contributed by atoms with Gasteiger partial charge in [0, 0.05) is 9.89 Å². The molecule has 0 saturated heterocycles. The van der Waals surface area contributed by atoms with Gasteiger partial charge in [0.05, 0.1) is 0 Å². The molecule has 0 saturated carbocycles. The number of halogens is 1. The van der Waals surface area contributed by atoms with Crippen molar-refractivity contribution in [3.8, 4) is 33.4 Å². The summed E-state index contributed by atoms with van der Waals surface area (Å²) >= 11 is 3.66. The van der Waals surface area contributed by atoms with Gasteiger partial charge in [-0.3, -0.25) is 0 Å². The van der Waals surface area contributed by atoms with Gasteiger partial charge < -0.3 is 0 Å².